The van der Waals surface area contributed by atoms with Crippen LogP contribution in [0.4, 0.5) is 5.69 Å². The predicted octanol–water partition coefficient (Wildman–Crippen LogP) is 3.35. The summed E-state index contributed by atoms with van der Waals surface area (Å²) in [6.45, 7) is 6.59. The second-order valence-corrected chi connectivity index (χ2v) is 6.77. The summed E-state index contributed by atoms with van der Waals surface area (Å²) in [5, 5.41) is 12.1. The zero-order valence-corrected chi connectivity index (χ0v) is 11.8. The first-order valence-corrected chi connectivity index (χ1v) is 7.10. The van der Waals surface area contributed by atoms with E-state index in [4.69, 9.17) is 5.11 Å². The van der Waals surface area contributed by atoms with E-state index in [0.29, 0.717) is 0 Å². The second-order valence-electron chi connectivity index (χ2n) is 5.71. The maximum atomic E-state index is 10.7. The maximum Gasteiger partial charge on any atom is 0.305 e. The Morgan fingerprint density at radius 2 is 2.22 bits per heavy atom. The van der Waals surface area contributed by atoms with Crippen LogP contribution in [0.2, 0.25) is 0 Å². The molecule has 1 aromatic rings. The molecule has 1 aliphatic rings. The van der Waals surface area contributed by atoms with Gasteiger partial charge in [0, 0.05) is 22.4 Å². The van der Waals surface area contributed by atoms with Gasteiger partial charge in [-0.1, -0.05) is 26.8 Å². The van der Waals surface area contributed by atoms with Crippen LogP contribution in [0, 0.1) is 0 Å². The summed E-state index contributed by atoms with van der Waals surface area (Å²) in [5.41, 5.74) is 2.52. The molecule has 18 heavy (non-hydrogen) atoms. The van der Waals surface area contributed by atoms with Crippen molar-refractivity contribution in [3.05, 3.63) is 23.8 Å². The molecular formula is C14H19NO2S. The van der Waals surface area contributed by atoms with Gasteiger partial charge < -0.3 is 10.4 Å². The Morgan fingerprint density at radius 3 is 2.83 bits per heavy atom. The molecule has 0 bridgehead atoms. The van der Waals surface area contributed by atoms with E-state index >= 15 is 0 Å². The minimum Gasteiger partial charge on any atom is -0.481 e. The van der Waals surface area contributed by atoms with Crippen molar-refractivity contribution < 1.29 is 9.90 Å². The van der Waals surface area contributed by atoms with Gasteiger partial charge in [0.1, 0.15) is 0 Å². The molecule has 98 valence electrons. The first kappa shape index (κ1) is 13.3. The van der Waals surface area contributed by atoms with Crippen molar-refractivity contribution in [2.45, 2.75) is 43.5 Å². The van der Waals surface area contributed by atoms with Gasteiger partial charge >= 0.3 is 5.97 Å². The van der Waals surface area contributed by atoms with Crippen molar-refractivity contribution in [1.29, 1.82) is 0 Å². The van der Waals surface area contributed by atoms with Gasteiger partial charge in [0.05, 0.1) is 6.42 Å². The zero-order valence-electron chi connectivity index (χ0n) is 11.0. The van der Waals surface area contributed by atoms with Crippen LogP contribution in [0.5, 0.6) is 0 Å². The Kier molecular flexibility index (Phi) is 3.57. The number of carbonyl (C=O) groups is 1. The van der Waals surface area contributed by atoms with Crippen LogP contribution < -0.4 is 5.32 Å². The summed E-state index contributed by atoms with van der Waals surface area (Å²) >= 11 is 1.74. The molecule has 0 radical (unpaired) electrons. The number of hydrogen-bond acceptors (Lipinski definition) is 3. The number of thioether (sulfide) groups is 1. The maximum absolute atomic E-state index is 10.7. The highest BCUT2D eigenvalue weighted by Crippen LogP contribution is 2.37. The number of anilines is 1. The Hall–Kier alpha value is -1.16. The molecule has 1 aliphatic heterocycles. The Balaban J connectivity index is 2.18. The van der Waals surface area contributed by atoms with Crippen LogP contribution in [0.15, 0.2) is 23.1 Å². The average Bonchev–Trinajstić information content (AvgIpc) is 2.26. The third-order valence-electron chi connectivity index (χ3n) is 3.07. The van der Waals surface area contributed by atoms with E-state index in [1.807, 2.05) is 0 Å². The molecule has 0 saturated heterocycles. The monoisotopic (exact) mass is 265 g/mol. The number of rotatable bonds is 2. The molecule has 0 spiro atoms. The molecule has 1 heterocycles. The third-order valence-corrected chi connectivity index (χ3v) is 4.29. The second kappa shape index (κ2) is 4.84. The summed E-state index contributed by atoms with van der Waals surface area (Å²) in [7, 11) is 0. The molecular weight excluding hydrogens is 246 g/mol. The number of nitrogens with one attached hydrogen (secondary N) is 1. The van der Waals surface area contributed by atoms with Crippen molar-refractivity contribution in [2.24, 2.45) is 0 Å². The summed E-state index contributed by atoms with van der Waals surface area (Å²) in [5.74, 6) is 0.0650. The van der Waals surface area contributed by atoms with Gasteiger partial charge in [0.25, 0.3) is 0 Å². The molecule has 2 rings (SSSR count). The molecule has 0 amide bonds. The Morgan fingerprint density at radius 1 is 1.50 bits per heavy atom. The summed E-state index contributed by atoms with van der Waals surface area (Å²) < 4.78 is 0. The fraction of sp³-hybridized carbons (Fsp3) is 0.500. The van der Waals surface area contributed by atoms with Crippen LogP contribution in [-0.4, -0.2) is 22.9 Å². The van der Waals surface area contributed by atoms with Crippen molar-refractivity contribution >= 4 is 23.4 Å². The van der Waals surface area contributed by atoms with Gasteiger partial charge in [-0.15, -0.1) is 11.8 Å². The van der Waals surface area contributed by atoms with E-state index in [1.165, 1.54) is 10.5 Å². The quantitative estimate of drug-likeness (QED) is 0.861. The number of carboxylic acid groups (broad SMARTS) is 1. The van der Waals surface area contributed by atoms with E-state index in [1.54, 1.807) is 11.8 Å². The molecule has 0 fully saturated rings. The first-order chi connectivity index (χ1) is 8.36. The van der Waals surface area contributed by atoms with Crippen molar-refractivity contribution in [3.63, 3.8) is 0 Å². The molecule has 1 atom stereocenters. The van der Waals surface area contributed by atoms with Gasteiger partial charge in [0.15, 0.2) is 0 Å². The van der Waals surface area contributed by atoms with Crippen LogP contribution in [-0.2, 0) is 10.2 Å². The SMILES string of the molecule is CC(C)(C)c1ccc2c(c1)SCC(CC(=O)O)N2. The number of benzene rings is 1. The Bertz CT molecular complexity index is 465. The highest BCUT2D eigenvalue weighted by Gasteiger charge is 2.22. The topological polar surface area (TPSA) is 49.3 Å². The zero-order chi connectivity index (χ0) is 13.3. The van der Waals surface area contributed by atoms with Gasteiger partial charge in [-0.3, -0.25) is 4.79 Å². The van der Waals surface area contributed by atoms with Crippen molar-refractivity contribution in [2.75, 3.05) is 11.1 Å². The minimum atomic E-state index is -0.747. The molecule has 4 heteroatoms. The molecule has 2 N–H and O–H groups in total. The molecule has 1 aromatic carbocycles. The minimum absolute atomic E-state index is 0.0282. The van der Waals surface area contributed by atoms with Crippen molar-refractivity contribution in [1.82, 2.24) is 0 Å². The van der Waals surface area contributed by atoms with Crippen LogP contribution in [0.3, 0.4) is 0 Å². The lowest BCUT2D eigenvalue weighted by Gasteiger charge is -2.28. The summed E-state index contributed by atoms with van der Waals surface area (Å²) in [6, 6.07) is 6.43. The van der Waals surface area contributed by atoms with Gasteiger partial charge in [-0.05, 0) is 23.1 Å². The number of carboxylic acids is 1. The standard InChI is InChI=1S/C14H19NO2S/c1-14(2,3)9-4-5-11-12(6-9)18-8-10(15-11)7-13(16)17/h4-6,10,15H,7-8H2,1-3H3,(H,16,17). The highest BCUT2D eigenvalue weighted by molar-refractivity contribution is 7.99. The largest absolute Gasteiger partial charge is 0.481 e. The third kappa shape index (κ3) is 2.99. The van der Waals surface area contributed by atoms with Crippen LogP contribution in [0.1, 0.15) is 32.8 Å². The van der Waals surface area contributed by atoms with E-state index in [9.17, 15) is 4.79 Å². The fourth-order valence-electron chi connectivity index (χ4n) is 2.00. The van der Waals surface area contributed by atoms with Gasteiger partial charge in [-0.25, -0.2) is 0 Å². The van der Waals surface area contributed by atoms with Crippen molar-refractivity contribution in [3.8, 4) is 0 Å². The lowest BCUT2D eigenvalue weighted by molar-refractivity contribution is -0.137. The lowest BCUT2D eigenvalue weighted by Crippen LogP contribution is -2.28. The van der Waals surface area contributed by atoms with E-state index in [0.717, 1.165) is 11.4 Å². The first-order valence-electron chi connectivity index (χ1n) is 6.12. The normalized spacial score (nSPS) is 18.9. The van der Waals surface area contributed by atoms with E-state index in [2.05, 4.69) is 44.3 Å². The lowest BCUT2D eigenvalue weighted by atomic mass is 9.87. The van der Waals surface area contributed by atoms with Crippen LogP contribution >= 0.6 is 11.8 Å². The van der Waals surface area contributed by atoms with Crippen LogP contribution in [0.25, 0.3) is 0 Å². The fourth-order valence-corrected chi connectivity index (χ4v) is 3.07. The number of fused-ring (bicyclic) bond motifs is 1. The molecule has 1 unspecified atom stereocenters. The van der Waals surface area contributed by atoms with Gasteiger partial charge in [0.2, 0.25) is 0 Å². The van der Waals surface area contributed by atoms with E-state index in [-0.39, 0.29) is 17.9 Å². The Labute approximate surface area is 112 Å². The predicted molar refractivity (Wildman–Crippen MR) is 75.5 cm³/mol. The highest BCUT2D eigenvalue weighted by atomic mass is 32.2. The molecule has 0 saturated carbocycles. The summed E-state index contributed by atoms with van der Waals surface area (Å²) in [4.78, 5) is 11.9. The summed E-state index contributed by atoms with van der Waals surface area (Å²) in [6.07, 6.45) is 0.174. The smallest absolute Gasteiger partial charge is 0.305 e. The molecule has 3 nitrogen and oxygen atoms in total. The van der Waals surface area contributed by atoms with Gasteiger partial charge in [-0.2, -0.15) is 0 Å². The number of aliphatic carboxylic acids is 1. The molecule has 0 aromatic heterocycles. The number of hydrogen-bond donors (Lipinski definition) is 2. The van der Waals surface area contributed by atoms with E-state index < -0.39 is 5.97 Å². The average molecular weight is 265 g/mol. The molecule has 0 aliphatic carbocycles.